The molecule has 0 saturated heterocycles. The Kier molecular flexibility index (Phi) is 3.55. The molecule has 25 heavy (non-hydrogen) atoms. The Labute approximate surface area is 157 Å². The lowest BCUT2D eigenvalue weighted by Crippen LogP contribution is -1.81. The molecule has 0 atom stereocenters. The van der Waals surface area contributed by atoms with Crippen LogP contribution in [0.4, 0.5) is 0 Å². The highest BCUT2D eigenvalue weighted by Gasteiger charge is 2.12. The Morgan fingerprint density at radius 1 is 0.640 bits per heavy atom. The molecule has 0 radical (unpaired) electrons. The van der Waals surface area contributed by atoms with E-state index < -0.39 is 0 Å². The summed E-state index contributed by atoms with van der Waals surface area (Å²) in [5.74, 6) is 0. The Morgan fingerprint density at radius 3 is 1.60 bits per heavy atom. The van der Waals surface area contributed by atoms with E-state index in [1.807, 2.05) is 48.5 Å². The van der Waals surface area contributed by atoms with Crippen molar-refractivity contribution in [2.75, 3.05) is 0 Å². The quantitative estimate of drug-likeness (QED) is 0.334. The van der Waals surface area contributed by atoms with Gasteiger partial charge in [-0.3, -0.25) is 0 Å². The molecule has 0 unspecified atom stereocenters. The molecule has 2 heterocycles. The predicted octanol–water partition coefficient (Wildman–Crippen LogP) is 6.89. The first kappa shape index (κ1) is 15.0. The zero-order valence-electron chi connectivity index (χ0n) is 12.9. The summed E-state index contributed by atoms with van der Waals surface area (Å²) in [7, 11) is 0. The Morgan fingerprint density at radius 2 is 1.12 bits per heavy atom. The number of para-hydroxylation sites is 2. The largest absolute Gasteiger partial charge is 0.236 e. The van der Waals surface area contributed by atoms with E-state index in [1.165, 1.54) is 9.40 Å². The third kappa shape index (κ3) is 2.72. The van der Waals surface area contributed by atoms with Crippen molar-refractivity contribution in [2.24, 2.45) is 0 Å². The van der Waals surface area contributed by atoms with Gasteiger partial charge in [0.1, 0.15) is 10.0 Å². The fourth-order valence-corrected chi connectivity index (χ4v) is 4.97. The average Bonchev–Trinajstić information content (AvgIpc) is 3.25. The first-order valence-electron chi connectivity index (χ1n) is 7.79. The number of nitrogens with zero attached hydrogens (tertiary/aromatic N) is 2. The van der Waals surface area contributed by atoms with Crippen LogP contribution in [0.15, 0.2) is 66.7 Å². The van der Waals surface area contributed by atoms with E-state index in [2.05, 4.69) is 18.2 Å². The molecule has 0 saturated carbocycles. The summed E-state index contributed by atoms with van der Waals surface area (Å²) in [6.07, 6.45) is 0. The van der Waals surface area contributed by atoms with E-state index in [0.29, 0.717) is 5.02 Å². The normalized spacial score (nSPS) is 11.4. The van der Waals surface area contributed by atoms with Crippen molar-refractivity contribution in [3.8, 4) is 21.1 Å². The number of rotatable bonds is 2. The van der Waals surface area contributed by atoms with Crippen LogP contribution in [-0.2, 0) is 0 Å². The minimum Gasteiger partial charge on any atom is -0.236 e. The Hall–Kier alpha value is -2.27. The minimum atomic E-state index is 0.700. The fourth-order valence-electron chi connectivity index (χ4n) is 2.83. The third-order valence-corrected chi connectivity index (χ3v) is 6.37. The molecule has 0 fully saturated rings. The molecule has 5 aromatic rings. The predicted molar refractivity (Wildman–Crippen MR) is 109 cm³/mol. The summed E-state index contributed by atoms with van der Waals surface area (Å²) in [6, 6.07) is 22.4. The lowest BCUT2D eigenvalue weighted by Gasteiger charge is -2.02. The van der Waals surface area contributed by atoms with E-state index in [-0.39, 0.29) is 0 Å². The molecule has 0 spiro atoms. The molecule has 2 aromatic heterocycles. The van der Waals surface area contributed by atoms with Crippen molar-refractivity contribution in [1.29, 1.82) is 0 Å². The number of benzene rings is 3. The van der Waals surface area contributed by atoms with E-state index in [4.69, 9.17) is 21.6 Å². The summed E-state index contributed by atoms with van der Waals surface area (Å²) < 4.78 is 2.36. The number of aromatic nitrogens is 2. The topological polar surface area (TPSA) is 25.8 Å². The highest BCUT2D eigenvalue weighted by atomic mass is 35.5. The molecule has 2 nitrogen and oxygen atoms in total. The van der Waals surface area contributed by atoms with Crippen molar-refractivity contribution in [1.82, 2.24) is 9.97 Å². The molecule has 0 N–H and O–H groups in total. The molecular weight excluding hydrogens is 368 g/mol. The van der Waals surface area contributed by atoms with Gasteiger partial charge in [-0.1, -0.05) is 35.9 Å². The molecule has 0 aliphatic carbocycles. The fraction of sp³-hybridized carbons (Fsp3) is 0. The number of hydrogen-bond donors (Lipinski definition) is 0. The van der Waals surface area contributed by atoms with Crippen LogP contribution in [0.3, 0.4) is 0 Å². The van der Waals surface area contributed by atoms with Crippen molar-refractivity contribution in [3.63, 3.8) is 0 Å². The summed E-state index contributed by atoms with van der Waals surface area (Å²) in [4.78, 5) is 9.49. The molecular formula is C20H11ClN2S2. The van der Waals surface area contributed by atoms with Gasteiger partial charge in [0.2, 0.25) is 0 Å². The zero-order chi connectivity index (χ0) is 16.8. The zero-order valence-corrected chi connectivity index (χ0v) is 15.3. The molecule has 3 aromatic carbocycles. The Balaban J connectivity index is 1.66. The van der Waals surface area contributed by atoms with Crippen molar-refractivity contribution in [2.45, 2.75) is 0 Å². The van der Waals surface area contributed by atoms with Gasteiger partial charge in [0.15, 0.2) is 0 Å². The van der Waals surface area contributed by atoms with Crippen LogP contribution in [0.25, 0.3) is 41.6 Å². The van der Waals surface area contributed by atoms with Crippen LogP contribution in [-0.4, -0.2) is 9.97 Å². The monoisotopic (exact) mass is 378 g/mol. The molecule has 120 valence electrons. The smallest absolute Gasteiger partial charge is 0.124 e. The standard InChI is InChI=1S/C20H11ClN2S2/c21-14-10-12(19-22-15-5-1-3-7-17(15)24-19)9-13(11-14)20-23-16-6-2-4-8-18(16)25-20/h1-11H. The SMILES string of the molecule is Clc1cc(-c2nc3ccccc3s2)cc(-c2nc3ccccc3s2)c1. The van der Waals surface area contributed by atoms with Gasteiger partial charge in [0.05, 0.1) is 20.4 Å². The molecule has 5 heteroatoms. The van der Waals surface area contributed by atoms with Crippen molar-refractivity contribution in [3.05, 3.63) is 71.8 Å². The van der Waals surface area contributed by atoms with Gasteiger partial charge in [-0.25, -0.2) is 9.97 Å². The van der Waals surface area contributed by atoms with Gasteiger partial charge in [-0.05, 0) is 42.5 Å². The van der Waals surface area contributed by atoms with Crippen LogP contribution in [0, 0.1) is 0 Å². The van der Waals surface area contributed by atoms with Gasteiger partial charge in [-0.2, -0.15) is 0 Å². The summed E-state index contributed by atoms with van der Waals surface area (Å²) >= 11 is 9.76. The van der Waals surface area contributed by atoms with Crippen LogP contribution in [0.2, 0.25) is 5.02 Å². The molecule has 0 aliphatic heterocycles. The van der Waals surface area contributed by atoms with Gasteiger partial charge in [0, 0.05) is 16.1 Å². The lowest BCUT2D eigenvalue weighted by atomic mass is 10.1. The maximum atomic E-state index is 6.40. The molecule has 0 aliphatic rings. The average molecular weight is 379 g/mol. The lowest BCUT2D eigenvalue weighted by molar-refractivity contribution is 1.45. The Bertz CT molecular complexity index is 1060. The van der Waals surface area contributed by atoms with Crippen LogP contribution in [0.5, 0.6) is 0 Å². The molecule has 0 bridgehead atoms. The number of thiazole rings is 2. The van der Waals surface area contributed by atoms with E-state index in [0.717, 1.165) is 32.2 Å². The highest BCUT2D eigenvalue weighted by molar-refractivity contribution is 7.22. The van der Waals surface area contributed by atoms with Gasteiger partial charge >= 0.3 is 0 Å². The number of hydrogen-bond acceptors (Lipinski definition) is 4. The second kappa shape index (κ2) is 5.92. The van der Waals surface area contributed by atoms with Gasteiger partial charge < -0.3 is 0 Å². The van der Waals surface area contributed by atoms with Gasteiger partial charge in [-0.15, -0.1) is 22.7 Å². The van der Waals surface area contributed by atoms with E-state index in [9.17, 15) is 0 Å². The third-order valence-electron chi connectivity index (χ3n) is 3.98. The molecule has 0 amide bonds. The van der Waals surface area contributed by atoms with Crippen LogP contribution >= 0.6 is 34.3 Å². The maximum absolute atomic E-state index is 6.40. The first-order valence-corrected chi connectivity index (χ1v) is 9.80. The summed E-state index contributed by atoms with van der Waals surface area (Å²) in [5, 5.41) is 2.66. The van der Waals surface area contributed by atoms with E-state index >= 15 is 0 Å². The first-order chi connectivity index (χ1) is 12.3. The summed E-state index contributed by atoms with van der Waals surface area (Å²) in [6.45, 7) is 0. The molecule has 5 rings (SSSR count). The van der Waals surface area contributed by atoms with Crippen molar-refractivity contribution >= 4 is 54.7 Å². The van der Waals surface area contributed by atoms with Crippen LogP contribution in [0.1, 0.15) is 0 Å². The minimum absolute atomic E-state index is 0.700. The highest BCUT2D eigenvalue weighted by Crippen LogP contribution is 2.36. The maximum Gasteiger partial charge on any atom is 0.124 e. The van der Waals surface area contributed by atoms with Gasteiger partial charge in [0.25, 0.3) is 0 Å². The summed E-state index contributed by atoms with van der Waals surface area (Å²) in [5.41, 5.74) is 4.10. The number of halogens is 1. The number of fused-ring (bicyclic) bond motifs is 2. The van der Waals surface area contributed by atoms with Crippen LogP contribution < -0.4 is 0 Å². The second-order valence-electron chi connectivity index (χ2n) is 5.70. The van der Waals surface area contributed by atoms with E-state index in [1.54, 1.807) is 22.7 Å². The van der Waals surface area contributed by atoms with Crippen molar-refractivity contribution < 1.29 is 0 Å². The second-order valence-corrected chi connectivity index (χ2v) is 8.20.